The summed E-state index contributed by atoms with van der Waals surface area (Å²) in [5.74, 6) is -5.57. The van der Waals surface area contributed by atoms with Crippen LogP contribution in [0.15, 0.2) is 53.7 Å². The zero-order chi connectivity index (χ0) is 41.1. The van der Waals surface area contributed by atoms with Crippen LogP contribution in [0.5, 0.6) is 5.75 Å². The van der Waals surface area contributed by atoms with Crippen molar-refractivity contribution in [3.05, 3.63) is 76.4 Å². The molecular weight excluding hydrogens is 769 g/mol. The number of amides is 3. The minimum Gasteiger partial charge on any atom is -0.494 e. The number of anilines is 1. The zero-order valence-electron chi connectivity index (χ0n) is 31.6. The number of carbonyl (C=O) groups is 3. The van der Waals surface area contributed by atoms with E-state index >= 15 is 8.78 Å². The van der Waals surface area contributed by atoms with E-state index < -0.39 is 65.4 Å². The van der Waals surface area contributed by atoms with Gasteiger partial charge in [0.05, 0.1) is 49.0 Å². The summed E-state index contributed by atoms with van der Waals surface area (Å²) in [5, 5.41) is 10.2. The van der Waals surface area contributed by atoms with Gasteiger partial charge in [-0.25, -0.2) is 18.6 Å². The first-order valence-electron chi connectivity index (χ1n) is 19.0. The average molecular weight is 810 g/mol. The molecule has 8 rings (SSSR count). The number of rotatable bonds is 8. The van der Waals surface area contributed by atoms with Gasteiger partial charge >= 0.3 is 11.9 Å². The van der Waals surface area contributed by atoms with Gasteiger partial charge in [-0.05, 0) is 68.7 Å². The Morgan fingerprint density at radius 3 is 2.53 bits per heavy atom. The van der Waals surface area contributed by atoms with E-state index in [1.54, 1.807) is 24.3 Å². The zero-order valence-corrected chi connectivity index (χ0v) is 31.6. The summed E-state index contributed by atoms with van der Waals surface area (Å²) in [4.78, 5) is 59.3. The first kappa shape index (κ1) is 39.1. The van der Waals surface area contributed by atoms with Crippen molar-refractivity contribution in [3.8, 4) is 5.75 Å². The van der Waals surface area contributed by atoms with Gasteiger partial charge in [-0.15, -0.1) is 0 Å². The van der Waals surface area contributed by atoms with Gasteiger partial charge < -0.3 is 10.1 Å². The van der Waals surface area contributed by atoms with Crippen LogP contribution in [0.1, 0.15) is 84.7 Å². The fraction of sp³-hybridized carbons (Fsp3) is 0.462. The number of halogens is 5. The van der Waals surface area contributed by atoms with Crippen LogP contribution in [-0.4, -0.2) is 84.2 Å². The number of nitrogens with zero attached hydrogens (tertiary/aromatic N) is 7. The van der Waals surface area contributed by atoms with Crippen LogP contribution in [0.4, 0.5) is 27.6 Å². The molecule has 3 amide bonds. The highest BCUT2D eigenvalue weighted by atomic mass is 19.4. The van der Waals surface area contributed by atoms with Gasteiger partial charge in [0, 0.05) is 43.4 Å². The van der Waals surface area contributed by atoms with E-state index in [1.165, 1.54) is 29.4 Å². The van der Waals surface area contributed by atoms with Crippen molar-refractivity contribution in [3.63, 3.8) is 0 Å². The van der Waals surface area contributed by atoms with Crippen molar-refractivity contribution in [2.24, 2.45) is 13.0 Å². The third-order valence-corrected chi connectivity index (χ3v) is 11.6. The Balaban J connectivity index is 0.910. The van der Waals surface area contributed by atoms with Crippen molar-refractivity contribution in [2.45, 2.75) is 75.0 Å². The number of aromatic nitrogens is 6. The predicted octanol–water partition coefficient (Wildman–Crippen LogP) is 5.59. The number of ether oxygens (including phenoxy) is 1. The standard InChI is InChI=1S/C39H40F5N9O5/c1-50-34-25(4-3-5-28(34)53(37(50)57)29-10-11-32(54)48-36(29)56)26-12-13-51(20-38(26,40)41)18-21-6-8-24(9-7-21)52-19-22-14-23(15-30(58-2)33(22)49-52)46-35(55)27-16-45-17-31(47-27)39(42,43)44/h3-5,14-17,19,21,24,26,29H,6-13,18,20H2,1-2H3,(H,46,55)(H,48,54,56)/t21?,24?,26-,29?/m0/s1. The molecule has 5 aromatic rings. The van der Waals surface area contributed by atoms with Crippen LogP contribution < -0.4 is 21.1 Å². The van der Waals surface area contributed by atoms with Crippen molar-refractivity contribution >= 4 is 45.3 Å². The molecular formula is C39H40F5N9O5. The maximum atomic E-state index is 16.1. The van der Waals surface area contributed by atoms with E-state index in [4.69, 9.17) is 9.84 Å². The number of hydrogen-bond acceptors (Lipinski definition) is 9. The lowest BCUT2D eigenvalue weighted by atomic mass is 9.83. The summed E-state index contributed by atoms with van der Waals surface area (Å²) >= 11 is 0. The number of likely N-dealkylation sites (tertiary alicyclic amines) is 1. The minimum absolute atomic E-state index is 0.0265. The molecule has 2 atom stereocenters. The molecule has 1 aliphatic carbocycles. The van der Waals surface area contributed by atoms with Crippen molar-refractivity contribution in [2.75, 3.05) is 32.1 Å². The third kappa shape index (κ3) is 7.31. The Bertz CT molecular complexity index is 2490. The van der Waals surface area contributed by atoms with Crippen LogP contribution in [0.25, 0.3) is 21.9 Å². The molecule has 19 heteroatoms. The highest BCUT2D eigenvalue weighted by Crippen LogP contribution is 2.44. The molecule has 2 saturated heterocycles. The Kier molecular flexibility index (Phi) is 10.0. The number of alkyl halides is 5. The number of fused-ring (bicyclic) bond motifs is 2. The van der Waals surface area contributed by atoms with Gasteiger partial charge in [0.1, 0.15) is 23.0 Å². The van der Waals surface area contributed by atoms with Gasteiger partial charge in [0.2, 0.25) is 11.8 Å². The molecule has 3 aliphatic rings. The lowest BCUT2D eigenvalue weighted by Gasteiger charge is -2.41. The Morgan fingerprint density at radius 2 is 1.83 bits per heavy atom. The van der Waals surface area contributed by atoms with Crippen LogP contribution in [-0.2, 0) is 22.8 Å². The number of piperidine rings is 2. The quantitative estimate of drug-likeness (QED) is 0.151. The molecule has 2 aliphatic heterocycles. The lowest BCUT2D eigenvalue weighted by Crippen LogP contribution is -2.49. The molecule has 306 valence electrons. The second-order valence-corrected chi connectivity index (χ2v) is 15.4. The molecule has 1 saturated carbocycles. The molecule has 3 fully saturated rings. The first-order valence-corrected chi connectivity index (χ1v) is 19.0. The highest BCUT2D eigenvalue weighted by molar-refractivity contribution is 6.04. The number of aryl methyl sites for hydroxylation is 1. The fourth-order valence-electron chi connectivity index (χ4n) is 8.83. The molecule has 58 heavy (non-hydrogen) atoms. The normalized spacial score (nSPS) is 22.9. The van der Waals surface area contributed by atoms with Crippen LogP contribution in [0, 0.1) is 5.92 Å². The van der Waals surface area contributed by atoms with E-state index in [9.17, 15) is 32.3 Å². The fourth-order valence-corrected chi connectivity index (χ4v) is 8.83. The number of imide groups is 1. The SMILES string of the molecule is COc1cc(NC(=O)c2cncc(C(F)(F)F)n2)cc2cn(C3CCC(CN4CC[C@@H](c5cccc6c5n(C)c(=O)n6C5CCC(=O)NC5=O)C(F)(F)C4)CC3)nc12. The second-order valence-electron chi connectivity index (χ2n) is 15.4. The number of methoxy groups -OCH3 is 1. The third-order valence-electron chi connectivity index (χ3n) is 11.6. The largest absolute Gasteiger partial charge is 0.494 e. The Morgan fingerprint density at radius 1 is 1.05 bits per heavy atom. The van der Waals surface area contributed by atoms with Crippen molar-refractivity contribution in [1.29, 1.82) is 0 Å². The summed E-state index contributed by atoms with van der Waals surface area (Å²) < 4.78 is 81.6. The highest BCUT2D eigenvalue weighted by Gasteiger charge is 2.47. The van der Waals surface area contributed by atoms with E-state index in [2.05, 4.69) is 20.6 Å². The predicted molar refractivity (Wildman–Crippen MR) is 200 cm³/mol. The molecule has 0 spiro atoms. The lowest BCUT2D eigenvalue weighted by molar-refractivity contribution is -0.141. The van der Waals surface area contributed by atoms with E-state index in [1.807, 2.05) is 15.8 Å². The van der Waals surface area contributed by atoms with Gasteiger partial charge in [0.25, 0.3) is 11.8 Å². The van der Waals surface area contributed by atoms with E-state index in [0.717, 1.165) is 31.9 Å². The molecule has 2 N–H and O–H groups in total. The maximum Gasteiger partial charge on any atom is 0.434 e. The molecule has 2 aromatic carbocycles. The number of hydrogen-bond donors (Lipinski definition) is 2. The van der Waals surface area contributed by atoms with Crippen LogP contribution in [0.2, 0.25) is 0 Å². The summed E-state index contributed by atoms with van der Waals surface area (Å²) in [6.45, 7) is 0.527. The molecule has 14 nitrogen and oxygen atoms in total. The second kappa shape index (κ2) is 14.9. The average Bonchev–Trinajstić information content (AvgIpc) is 3.72. The minimum atomic E-state index is -4.76. The molecule has 3 aromatic heterocycles. The Labute approximate surface area is 327 Å². The topological polar surface area (TPSA) is 158 Å². The van der Waals surface area contributed by atoms with Gasteiger partial charge in [0.15, 0.2) is 5.69 Å². The number of carbonyl (C=O) groups excluding carboxylic acids is 3. The number of para-hydroxylation sites is 1. The van der Waals surface area contributed by atoms with Crippen LogP contribution >= 0.6 is 0 Å². The maximum absolute atomic E-state index is 16.1. The Hall–Kier alpha value is -5.72. The van der Waals surface area contributed by atoms with Gasteiger partial charge in [-0.3, -0.25) is 43.4 Å². The van der Waals surface area contributed by atoms with Gasteiger partial charge in [-0.2, -0.15) is 18.3 Å². The monoisotopic (exact) mass is 809 g/mol. The van der Waals surface area contributed by atoms with E-state index in [0.29, 0.717) is 52.5 Å². The number of benzene rings is 2. The summed E-state index contributed by atoms with van der Waals surface area (Å²) in [6, 6.07) is 7.19. The van der Waals surface area contributed by atoms with Crippen LogP contribution in [0.3, 0.4) is 0 Å². The summed E-state index contributed by atoms with van der Waals surface area (Å²) in [6.07, 6.45) is 2.04. The number of imidazole rings is 1. The molecule has 0 radical (unpaired) electrons. The smallest absolute Gasteiger partial charge is 0.434 e. The summed E-state index contributed by atoms with van der Waals surface area (Å²) in [5.41, 5.74) is -0.377. The summed E-state index contributed by atoms with van der Waals surface area (Å²) in [7, 11) is 2.96. The first-order chi connectivity index (χ1) is 27.6. The van der Waals surface area contributed by atoms with Gasteiger partial charge in [-0.1, -0.05) is 12.1 Å². The molecule has 0 bridgehead atoms. The van der Waals surface area contributed by atoms with Crippen molar-refractivity contribution in [1.82, 2.24) is 39.1 Å². The molecule has 5 heterocycles. The number of nitrogens with one attached hydrogen (secondary N) is 2. The molecule has 1 unspecified atom stereocenters. The van der Waals surface area contributed by atoms with Crippen molar-refractivity contribution < 1.29 is 41.1 Å². The van der Waals surface area contributed by atoms with E-state index in [-0.39, 0.29) is 36.9 Å².